The van der Waals surface area contributed by atoms with Crippen molar-refractivity contribution < 1.29 is 9.53 Å². The Labute approximate surface area is 181 Å². The first-order valence-corrected chi connectivity index (χ1v) is 10.0. The van der Waals surface area contributed by atoms with E-state index in [1.165, 1.54) is 0 Å². The molecule has 2 aromatic carbocycles. The fourth-order valence-electron chi connectivity index (χ4n) is 3.43. The standard InChI is InChI=1S/C25H24N4O2/c1-28(16-20-9-6-14-26-15-20)25(30)23-18-29(17-19-7-4-3-5-8-19)27-24(23)21-10-12-22(31-2)13-11-21/h3-15,18H,16-17H2,1-2H3. The second-order valence-corrected chi connectivity index (χ2v) is 7.33. The molecule has 0 spiro atoms. The summed E-state index contributed by atoms with van der Waals surface area (Å²) in [6.45, 7) is 1.06. The van der Waals surface area contributed by atoms with Crippen molar-refractivity contribution in [2.75, 3.05) is 14.2 Å². The zero-order chi connectivity index (χ0) is 21.6. The van der Waals surface area contributed by atoms with E-state index < -0.39 is 0 Å². The van der Waals surface area contributed by atoms with Crippen molar-refractivity contribution in [3.8, 4) is 17.0 Å². The van der Waals surface area contributed by atoms with Crippen molar-refractivity contribution in [3.05, 3.63) is 102 Å². The zero-order valence-corrected chi connectivity index (χ0v) is 17.6. The first-order valence-electron chi connectivity index (χ1n) is 10.0. The lowest BCUT2D eigenvalue weighted by molar-refractivity contribution is 0.0785. The van der Waals surface area contributed by atoms with E-state index in [9.17, 15) is 4.79 Å². The molecule has 0 bridgehead atoms. The molecule has 4 aromatic rings. The second kappa shape index (κ2) is 9.26. The molecule has 31 heavy (non-hydrogen) atoms. The van der Waals surface area contributed by atoms with Crippen LogP contribution in [0.25, 0.3) is 11.3 Å². The quantitative estimate of drug-likeness (QED) is 0.455. The third-order valence-corrected chi connectivity index (χ3v) is 5.03. The molecule has 2 aromatic heterocycles. The molecular formula is C25H24N4O2. The number of carbonyl (C=O) groups excluding carboxylic acids is 1. The van der Waals surface area contributed by atoms with Crippen LogP contribution in [0, 0.1) is 0 Å². The number of aromatic nitrogens is 3. The normalized spacial score (nSPS) is 10.6. The summed E-state index contributed by atoms with van der Waals surface area (Å²) in [6, 6.07) is 21.5. The van der Waals surface area contributed by atoms with Gasteiger partial charge in [0.25, 0.3) is 5.91 Å². The molecule has 0 unspecified atom stereocenters. The Balaban J connectivity index is 1.67. The highest BCUT2D eigenvalue weighted by Gasteiger charge is 2.21. The number of rotatable bonds is 7. The second-order valence-electron chi connectivity index (χ2n) is 7.33. The lowest BCUT2D eigenvalue weighted by Crippen LogP contribution is -2.26. The smallest absolute Gasteiger partial charge is 0.257 e. The Bertz CT molecular complexity index is 1140. The summed E-state index contributed by atoms with van der Waals surface area (Å²) in [5, 5.41) is 4.76. The van der Waals surface area contributed by atoms with E-state index in [1.54, 1.807) is 31.5 Å². The number of hydrogen-bond acceptors (Lipinski definition) is 4. The van der Waals surface area contributed by atoms with Crippen LogP contribution in [0.3, 0.4) is 0 Å². The number of carbonyl (C=O) groups is 1. The maximum absolute atomic E-state index is 13.4. The fourth-order valence-corrected chi connectivity index (χ4v) is 3.43. The molecule has 6 nitrogen and oxygen atoms in total. The summed E-state index contributed by atoms with van der Waals surface area (Å²) >= 11 is 0. The third-order valence-electron chi connectivity index (χ3n) is 5.03. The highest BCUT2D eigenvalue weighted by molar-refractivity contribution is 5.99. The molecule has 1 amide bonds. The molecule has 0 saturated heterocycles. The van der Waals surface area contributed by atoms with Gasteiger partial charge in [0.1, 0.15) is 11.4 Å². The Morgan fingerprint density at radius 2 is 1.74 bits per heavy atom. The number of methoxy groups -OCH3 is 1. The van der Waals surface area contributed by atoms with Gasteiger partial charge in [-0.25, -0.2) is 0 Å². The van der Waals surface area contributed by atoms with Gasteiger partial charge in [0.05, 0.1) is 19.2 Å². The topological polar surface area (TPSA) is 60.3 Å². The molecule has 156 valence electrons. The summed E-state index contributed by atoms with van der Waals surface area (Å²) < 4.78 is 7.08. The van der Waals surface area contributed by atoms with Crippen molar-refractivity contribution in [2.45, 2.75) is 13.1 Å². The predicted molar refractivity (Wildman–Crippen MR) is 120 cm³/mol. The summed E-state index contributed by atoms with van der Waals surface area (Å²) in [5.74, 6) is 0.669. The minimum absolute atomic E-state index is 0.0889. The number of ether oxygens (including phenoxy) is 1. The molecule has 0 saturated carbocycles. The number of pyridine rings is 1. The SMILES string of the molecule is COc1ccc(-c2nn(Cc3ccccc3)cc2C(=O)N(C)Cc2cccnc2)cc1. The summed E-state index contributed by atoms with van der Waals surface area (Å²) in [5.41, 5.74) is 4.18. The van der Waals surface area contributed by atoms with Gasteiger partial charge >= 0.3 is 0 Å². The van der Waals surface area contributed by atoms with Crippen LogP contribution in [0.2, 0.25) is 0 Å². The molecule has 0 radical (unpaired) electrons. The number of nitrogens with zero attached hydrogens (tertiary/aromatic N) is 4. The number of hydrogen-bond donors (Lipinski definition) is 0. The van der Waals surface area contributed by atoms with E-state index in [1.807, 2.05) is 77.6 Å². The zero-order valence-electron chi connectivity index (χ0n) is 17.6. The van der Waals surface area contributed by atoms with Crippen LogP contribution in [0.15, 0.2) is 85.3 Å². The Morgan fingerprint density at radius 1 is 1.00 bits per heavy atom. The van der Waals surface area contributed by atoms with E-state index in [0.29, 0.717) is 24.3 Å². The van der Waals surface area contributed by atoms with Crippen LogP contribution in [0.4, 0.5) is 0 Å². The van der Waals surface area contributed by atoms with Crippen molar-refractivity contribution in [2.24, 2.45) is 0 Å². The maximum Gasteiger partial charge on any atom is 0.257 e. The van der Waals surface area contributed by atoms with E-state index >= 15 is 0 Å². The van der Waals surface area contributed by atoms with Gasteiger partial charge in [-0.2, -0.15) is 5.10 Å². The molecule has 0 aliphatic rings. The van der Waals surface area contributed by atoms with Gasteiger partial charge in [0, 0.05) is 37.7 Å². The number of benzene rings is 2. The largest absolute Gasteiger partial charge is 0.497 e. The van der Waals surface area contributed by atoms with Gasteiger partial charge in [-0.05, 0) is 41.5 Å². The van der Waals surface area contributed by atoms with Gasteiger partial charge in [-0.15, -0.1) is 0 Å². The van der Waals surface area contributed by atoms with Crippen LogP contribution in [-0.2, 0) is 13.1 Å². The minimum atomic E-state index is -0.0889. The average Bonchev–Trinajstić information content (AvgIpc) is 3.23. The van der Waals surface area contributed by atoms with Gasteiger partial charge in [-0.3, -0.25) is 14.5 Å². The molecular weight excluding hydrogens is 388 g/mol. The van der Waals surface area contributed by atoms with Gasteiger partial charge in [-0.1, -0.05) is 36.4 Å². The average molecular weight is 412 g/mol. The van der Waals surface area contributed by atoms with Crippen LogP contribution < -0.4 is 4.74 Å². The fraction of sp³-hybridized carbons (Fsp3) is 0.160. The van der Waals surface area contributed by atoms with E-state index in [4.69, 9.17) is 9.84 Å². The van der Waals surface area contributed by atoms with Crippen LogP contribution in [0.1, 0.15) is 21.5 Å². The summed E-state index contributed by atoms with van der Waals surface area (Å²) in [7, 11) is 3.42. The molecule has 6 heteroatoms. The highest BCUT2D eigenvalue weighted by atomic mass is 16.5. The molecule has 4 rings (SSSR count). The Morgan fingerprint density at radius 3 is 2.42 bits per heavy atom. The van der Waals surface area contributed by atoms with Crippen molar-refractivity contribution in [1.82, 2.24) is 19.7 Å². The van der Waals surface area contributed by atoms with Gasteiger partial charge < -0.3 is 9.64 Å². The molecule has 0 aliphatic carbocycles. The van der Waals surface area contributed by atoms with Crippen LogP contribution in [0.5, 0.6) is 5.75 Å². The molecule has 2 heterocycles. The molecule has 0 N–H and O–H groups in total. The monoisotopic (exact) mass is 412 g/mol. The van der Waals surface area contributed by atoms with E-state index in [-0.39, 0.29) is 5.91 Å². The molecule has 0 fully saturated rings. The van der Waals surface area contributed by atoms with E-state index in [0.717, 1.165) is 22.4 Å². The first-order chi connectivity index (χ1) is 15.1. The maximum atomic E-state index is 13.4. The summed E-state index contributed by atoms with van der Waals surface area (Å²) in [4.78, 5) is 19.2. The van der Waals surface area contributed by atoms with E-state index in [2.05, 4.69) is 4.98 Å². The van der Waals surface area contributed by atoms with Crippen molar-refractivity contribution in [1.29, 1.82) is 0 Å². The lowest BCUT2D eigenvalue weighted by Gasteiger charge is -2.17. The molecule has 0 aliphatic heterocycles. The van der Waals surface area contributed by atoms with Crippen LogP contribution in [-0.4, -0.2) is 39.7 Å². The van der Waals surface area contributed by atoms with Gasteiger partial charge in [0.15, 0.2) is 0 Å². The number of amides is 1. The highest BCUT2D eigenvalue weighted by Crippen LogP contribution is 2.26. The van der Waals surface area contributed by atoms with Gasteiger partial charge in [0.2, 0.25) is 0 Å². The van der Waals surface area contributed by atoms with Crippen molar-refractivity contribution in [3.63, 3.8) is 0 Å². The predicted octanol–water partition coefficient (Wildman–Crippen LogP) is 4.27. The first kappa shape index (κ1) is 20.3. The minimum Gasteiger partial charge on any atom is -0.497 e. The third kappa shape index (κ3) is 4.80. The molecule has 0 atom stereocenters. The van der Waals surface area contributed by atoms with Crippen molar-refractivity contribution >= 4 is 5.91 Å². The Hall–Kier alpha value is -3.93. The van der Waals surface area contributed by atoms with Crippen LogP contribution >= 0.6 is 0 Å². The summed E-state index contributed by atoms with van der Waals surface area (Å²) in [6.07, 6.45) is 5.32. The Kier molecular flexibility index (Phi) is 6.08. The lowest BCUT2D eigenvalue weighted by atomic mass is 10.1.